The van der Waals surface area contributed by atoms with Gasteiger partial charge in [-0.15, -0.1) is 0 Å². The summed E-state index contributed by atoms with van der Waals surface area (Å²) in [5.41, 5.74) is 1.31. The van der Waals surface area contributed by atoms with E-state index in [0.29, 0.717) is 24.2 Å². The van der Waals surface area contributed by atoms with Gasteiger partial charge in [0.05, 0.1) is 0 Å². The van der Waals surface area contributed by atoms with E-state index in [-0.39, 0.29) is 18.1 Å². The highest BCUT2D eigenvalue weighted by Crippen LogP contribution is 2.18. The molecular weight excluding hydrogens is 392 g/mol. The molecule has 2 N–H and O–H groups in total. The number of ketones is 1. The van der Waals surface area contributed by atoms with Crippen molar-refractivity contribution in [2.75, 3.05) is 11.9 Å². The van der Waals surface area contributed by atoms with E-state index in [1.165, 1.54) is 0 Å². The molecule has 31 heavy (non-hydrogen) atoms. The van der Waals surface area contributed by atoms with Crippen LogP contribution >= 0.6 is 0 Å². The summed E-state index contributed by atoms with van der Waals surface area (Å²) in [5.74, 6) is -0.165. The zero-order valence-corrected chi connectivity index (χ0v) is 18.3. The van der Waals surface area contributed by atoms with Crippen molar-refractivity contribution in [2.45, 2.75) is 45.6 Å². The average molecular weight is 423 g/mol. The van der Waals surface area contributed by atoms with Gasteiger partial charge in [-0.3, -0.25) is 14.9 Å². The van der Waals surface area contributed by atoms with Gasteiger partial charge in [0.25, 0.3) is 5.91 Å². The number of anilines is 1. The van der Waals surface area contributed by atoms with Crippen LogP contribution in [0.5, 0.6) is 0 Å². The Morgan fingerprint density at radius 2 is 1.65 bits per heavy atom. The number of para-hydroxylation sites is 1. The number of unbranched alkanes of at least 4 members (excludes halogenated alkanes) is 1. The second kappa shape index (κ2) is 11.7. The first kappa shape index (κ1) is 23.9. The van der Waals surface area contributed by atoms with E-state index in [1.54, 1.807) is 63.3 Å². The van der Waals surface area contributed by atoms with E-state index in [0.717, 1.165) is 12.0 Å². The van der Waals surface area contributed by atoms with Crippen molar-refractivity contribution >= 4 is 23.5 Å². The SMILES string of the molecule is CC(C)(C)OC(=O)Nc1ccccc1CC(=O)/C=C/CCCNC(=O)c1ccccc1. The van der Waals surface area contributed by atoms with Crippen LogP contribution in [0.25, 0.3) is 0 Å². The molecule has 6 heteroatoms. The molecule has 2 aromatic carbocycles. The van der Waals surface area contributed by atoms with Crippen LogP contribution in [0.3, 0.4) is 0 Å². The molecule has 2 rings (SSSR count). The largest absolute Gasteiger partial charge is 0.444 e. The molecule has 0 fully saturated rings. The molecule has 164 valence electrons. The minimum atomic E-state index is -0.599. The molecule has 0 aliphatic rings. The first-order chi connectivity index (χ1) is 14.7. The molecule has 0 bridgehead atoms. The van der Waals surface area contributed by atoms with Crippen LogP contribution in [0.15, 0.2) is 66.7 Å². The molecule has 2 aromatic rings. The summed E-state index contributed by atoms with van der Waals surface area (Å²) in [6.07, 6.45) is 4.38. The first-order valence-electron chi connectivity index (χ1n) is 10.3. The normalized spacial score (nSPS) is 11.2. The predicted molar refractivity (Wildman–Crippen MR) is 122 cm³/mol. The molecule has 0 aromatic heterocycles. The van der Waals surface area contributed by atoms with Crippen molar-refractivity contribution in [3.8, 4) is 0 Å². The van der Waals surface area contributed by atoms with Crippen LogP contribution < -0.4 is 10.6 Å². The van der Waals surface area contributed by atoms with Crippen molar-refractivity contribution in [1.29, 1.82) is 0 Å². The highest BCUT2D eigenvalue weighted by atomic mass is 16.6. The number of rotatable bonds is 9. The van der Waals surface area contributed by atoms with E-state index in [9.17, 15) is 14.4 Å². The number of hydrogen-bond donors (Lipinski definition) is 2. The van der Waals surface area contributed by atoms with Gasteiger partial charge >= 0.3 is 6.09 Å². The second-order valence-electron chi connectivity index (χ2n) is 8.09. The molecular formula is C25H30N2O4. The number of hydrogen-bond acceptors (Lipinski definition) is 4. The topological polar surface area (TPSA) is 84.5 Å². The Hall–Kier alpha value is -3.41. The van der Waals surface area contributed by atoms with Gasteiger partial charge in [-0.2, -0.15) is 0 Å². The fraction of sp³-hybridized carbons (Fsp3) is 0.320. The Labute approximate surface area is 183 Å². The third-order valence-corrected chi connectivity index (χ3v) is 4.19. The molecule has 0 aliphatic carbocycles. The monoisotopic (exact) mass is 422 g/mol. The Balaban J connectivity index is 1.76. The maximum atomic E-state index is 12.3. The van der Waals surface area contributed by atoms with Gasteiger partial charge in [-0.25, -0.2) is 4.79 Å². The van der Waals surface area contributed by atoms with Gasteiger partial charge in [0.1, 0.15) is 5.60 Å². The quantitative estimate of drug-likeness (QED) is 0.444. The Morgan fingerprint density at radius 1 is 0.968 bits per heavy atom. The van der Waals surface area contributed by atoms with Crippen LogP contribution in [-0.4, -0.2) is 29.9 Å². The van der Waals surface area contributed by atoms with Crippen LogP contribution in [-0.2, 0) is 16.0 Å². The highest BCUT2D eigenvalue weighted by molar-refractivity contribution is 5.94. The van der Waals surface area contributed by atoms with Crippen LogP contribution in [0, 0.1) is 0 Å². The van der Waals surface area contributed by atoms with Crippen LogP contribution in [0.2, 0.25) is 0 Å². The smallest absolute Gasteiger partial charge is 0.412 e. The predicted octanol–water partition coefficient (Wildman–Crippen LogP) is 4.91. The highest BCUT2D eigenvalue weighted by Gasteiger charge is 2.17. The van der Waals surface area contributed by atoms with E-state index in [2.05, 4.69) is 10.6 Å². The summed E-state index contributed by atoms with van der Waals surface area (Å²) in [7, 11) is 0. The number of carbonyl (C=O) groups excluding carboxylic acids is 3. The lowest BCUT2D eigenvalue weighted by molar-refractivity contribution is -0.114. The van der Waals surface area contributed by atoms with E-state index < -0.39 is 11.7 Å². The molecule has 2 amide bonds. The summed E-state index contributed by atoms with van der Waals surface area (Å²) < 4.78 is 5.27. The Bertz CT molecular complexity index is 915. The summed E-state index contributed by atoms with van der Waals surface area (Å²) in [6, 6.07) is 16.2. The molecule has 0 heterocycles. The lowest BCUT2D eigenvalue weighted by atomic mass is 10.1. The lowest BCUT2D eigenvalue weighted by Crippen LogP contribution is -2.27. The molecule has 0 saturated heterocycles. The minimum Gasteiger partial charge on any atom is -0.444 e. The zero-order valence-electron chi connectivity index (χ0n) is 18.3. The minimum absolute atomic E-state index is 0.0632. The fourth-order valence-electron chi connectivity index (χ4n) is 2.78. The third-order valence-electron chi connectivity index (χ3n) is 4.19. The van der Waals surface area contributed by atoms with Crippen molar-refractivity contribution in [3.63, 3.8) is 0 Å². The van der Waals surface area contributed by atoms with Crippen molar-refractivity contribution in [2.24, 2.45) is 0 Å². The summed E-state index contributed by atoms with van der Waals surface area (Å²) in [6.45, 7) is 5.91. The zero-order chi connectivity index (χ0) is 22.7. The molecule has 6 nitrogen and oxygen atoms in total. The number of amides is 2. The Kier molecular flexibility index (Phi) is 9.00. The van der Waals surface area contributed by atoms with Gasteiger partial charge in [0.2, 0.25) is 0 Å². The van der Waals surface area contributed by atoms with Gasteiger partial charge in [0, 0.05) is 24.2 Å². The van der Waals surface area contributed by atoms with Gasteiger partial charge in [-0.1, -0.05) is 42.5 Å². The number of ether oxygens (including phenoxy) is 1. The number of benzene rings is 2. The maximum Gasteiger partial charge on any atom is 0.412 e. The number of nitrogens with one attached hydrogen (secondary N) is 2. The van der Waals surface area contributed by atoms with E-state index in [1.807, 2.05) is 24.3 Å². The maximum absolute atomic E-state index is 12.3. The van der Waals surface area contributed by atoms with Crippen molar-refractivity contribution in [3.05, 3.63) is 77.9 Å². The number of allylic oxidation sites excluding steroid dienone is 2. The molecule has 0 aliphatic heterocycles. The first-order valence-corrected chi connectivity index (χ1v) is 10.3. The lowest BCUT2D eigenvalue weighted by Gasteiger charge is -2.20. The van der Waals surface area contributed by atoms with E-state index in [4.69, 9.17) is 4.74 Å². The van der Waals surface area contributed by atoms with Crippen LogP contribution in [0.4, 0.5) is 10.5 Å². The van der Waals surface area contributed by atoms with Gasteiger partial charge in [0.15, 0.2) is 5.78 Å². The van der Waals surface area contributed by atoms with Crippen LogP contribution in [0.1, 0.15) is 49.5 Å². The summed E-state index contributed by atoms with van der Waals surface area (Å²) in [5, 5.41) is 5.56. The fourth-order valence-corrected chi connectivity index (χ4v) is 2.78. The Morgan fingerprint density at radius 3 is 2.35 bits per heavy atom. The molecule has 0 unspecified atom stereocenters. The number of carbonyl (C=O) groups is 3. The summed E-state index contributed by atoms with van der Waals surface area (Å²) in [4.78, 5) is 36.3. The molecule has 0 atom stereocenters. The van der Waals surface area contributed by atoms with Gasteiger partial charge < -0.3 is 10.1 Å². The summed E-state index contributed by atoms with van der Waals surface area (Å²) >= 11 is 0. The van der Waals surface area contributed by atoms with Gasteiger partial charge in [-0.05, 0) is 63.5 Å². The molecule has 0 saturated carbocycles. The average Bonchev–Trinajstić information content (AvgIpc) is 2.71. The van der Waals surface area contributed by atoms with Crippen molar-refractivity contribution in [1.82, 2.24) is 5.32 Å². The van der Waals surface area contributed by atoms with Crippen molar-refractivity contribution < 1.29 is 19.1 Å². The second-order valence-corrected chi connectivity index (χ2v) is 8.09. The third kappa shape index (κ3) is 9.30. The van der Waals surface area contributed by atoms with E-state index >= 15 is 0 Å². The molecule has 0 radical (unpaired) electrons. The molecule has 0 spiro atoms. The standard InChI is InChI=1S/C25H30N2O4/c1-25(2,3)31-24(30)27-22-16-10-9-14-20(22)18-21(28)15-8-5-11-17-26-23(29)19-12-6-4-7-13-19/h4,6-10,12-16H,5,11,17-18H2,1-3H3,(H,26,29)(H,27,30)/b15-8+.